The van der Waals surface area contributed by atoms with Crippen molar-refractivity contribution < 1.29 is 67.6 Å². The van der Waals surface area contributed by atoms with Crippen LogP contribution in [-0.2, 0) is 47.5 Å². The van der Waals surface area contributed by atoms with E-state index >= 15 is 0 Å². The lowest BCUT2D eigenvalue weighted by molar-refractivity contribution is -0.269. The molecule has 0 saturated carbocycles. The maximum atomic E-state index is 12.0. The zero-order chi connectivity index (χ0) is 33.5. The van der Waals surface area contributed by atoms with E-state index in [4.69, 9.17) is 23.5 Å². The maximum Gasteiger partial charge on any atom is 0.628 e. The molecule has 0 radical (unpaired) electrons. The molecule has 2 heterocycles. The van der Waals surface area contributed by atoms with Gasteiger partial charge in [0, 0.05) is 24.7 Å². The van der Waals surface area contributed by atoms with Gasteiger partial charge in [-0.15, -0.1) is 0 Å². The van der Waals surface area contributed by atoms with Gasteiger partial charge in [-0.1, -0.05) is 19.1 Å². The van der Waals surface area contributed by atoms with E-state index in [2.05, 4.69) is 0 Å². The van der Waals surface area contributed by atoms with E-state index in [-0.39, 0.29) is 18.8 Å². The number of nitrogens with zero attached hydrogens (tertiary/aromatic N) is 1. The van der Waals surface area contributed by atoms with Crippen LogP contribution in [-0.4, -0.2) is 102 Å². The molecule has 0 aromatic heterocycles. The fourth-order valence-corrected chi connectivity index (χ4v) is 5.60. The first-order valence-corrected chi connectivity index (χ1v) is 14.0. The van der Waals surface area contributed by atoms with Crippen LogP contribution >= 0.6 is 0 Å². The predicted octanol–water partition coefficient (Wildman–Crippen LogP) is 1.40. The molecule has 2 aliphatic heterocycles. The molecule has 0 bridgehead atoms. The van der Waals surface area contributed by atoms with Crippen LogP contribution in [0.3, 0.4) is 0 Å². The van der Waals surface area contributed by atoms with Crippen molar-refractivity contribution in [3.63, 3.8) is 0 Å². The Labute approximate surface area is 259 Å². The summed E-state index contributed by atoms with van der Waals surface area (Å²) in [6, 6.07) is 4.86. The molecule has 0 aliphatic carbocycles. The third-order valence-corrected chi connectivity index (χ3v) is 7.64. The zero-order valence-corrected chi connectivity index (χ0v) is 25.3. The number of hydrogen-bond acceptors (Lipinski definition) is 12. The van der Waals surface area contributed by atoms with Gasteiger partial charge in [0.25, 0.3) is 0 Å². The number of hydrogen-bond donors (Lipinski definition) is 3. The molecular weight excluding hydrogens is 597 g/mol. The maximum absolute atomic E-state index is 12.0. The Hall–Kier alpha value is -4.44. The number of aryl methyl sites for hydroxylation is 1. The van der Waals surface area contributed by atoms with Crippen LogP contribution in [0.1, 0.15) is 44.2 Å². The topological polar surface area (TPSA) is 212 Å². The molecule has 45 heavy (non-hydrogen) atoms. The fourth-order valence-electron chi connectivity index (χ4n) is 5.60. The second kappa shape index (κ2) is 15.0. The molecule has 3 rings (SSSR count). The fraction of sp³-hybridized carbons (Fsp3) is 0.517. The highest BCUT2D eigenvalue weighted by atomic mass is 16.7. The number of aliphatic carboxylic acids is 3. The van der Waals surface area contributed by atoms with E-state index in [0.717, 1.165) is 6.92 Å². The van der Waals surface area contributed by atoms with Gasteiger partial charge in [0.05, 0.1) is 32.0 Å². The lowest BCUT2D eigenvalue weighted by atomic mass is 9.62. The average molecular weight is 633 g/mol. The summed E-state index contributed by atoms with van der Waals surface area (Å²) in [5.74, 6) is -6.08. The van der Waals surface area contributed by atoms with Crippen LogP contribution < -0.4 is 4.74 Å². The molecule has 0 spiro atoms. The summed E-state index contributed by atoms with van der Waals surface area (Å²) in [4.78, 5) is 72.8. The van der Waals surface area contributed by atoms with Gasteiger partial charge in [-0.25, -0.2) is 0 Å². The number of carboxylic acid groups (broad SMARTS) is 3. The minimum absolute atomic E-state index is 0.0826. The molecule has 15 nitrogen and oxygen atoms in total. The molecule has 3 N–H and O–H groups in total. The van der Waals surface area contributed by atoms with E-state index in [1.165, 1.54) is 17.8 Å². The Morgan fingerprint density at radius 1 is 1.04 bits per heavy atom. The number of likely N-dealkylation sites (N-methyl/N-ethyl adjacent to an activating group) is 1. The molecule has 16 heteroatoms. The molecule has 2 saturated heterocycles. The average Bonchev–Trinajstić information content (AvgIpc) is 2.89. The van der Waals surface area contributed by atoms with Gasteiger partial charge >= 0.3 is 42.9 Å². The van der Waals surface area contributed by atoms with Crippen molar-refractivity contribution in [3.05, 3.63) is 35.3 Å². The summed E-state index contributed by atoms with van der Waals surface area (Å²) in [5.41, 5.74) is -0.380. The lowest BCUT2D eigenvalue weighted by Gasteiger charge is -2.52. The monoisotopic (exact) mass is 633 g/mol. The van der Waals surface area contributed by atoms with E-state index in [1.54, 1.807) is 38.2 Å². The quantitative estimate of drug-likeness (QED) is 0.219. The third-order valence-electron chi connectivity index (χ3n) is 7.64. The highest BCUT2D eigenvalue weighted by molar-refractivity contribution is 6.55. The van der Waals surface area contributed by atoms with Gasteiger partial charge in [0.2, 0.25) is 6.29 Å². The first kappa shape index (κ1) is 35.0. The minimum Gasteiger partial charge on any atom is -0.495 e. The van der Waals surface area contributed by atoms with Crippen molar-refractivity contribution >= 4 is 49.0 Å². The summed E-state index contributed by atoms with van der Waals surface area (Å²) < 4.78 is 27.7. The summed E-state index contributed by atoms with van der Waals surface area (Å²) in [6.07, 6.45) is -2.69. The van der Waals surface area contributed by atoms with Gasteiger partial charge in [0.15, 0.2) is 0 Å². The van der Waals surface area contributed by atoms with Gasteiger partial charge in [-0.2, -0.15) is 0 Å². The number of esters is 1. The molecule has 2 aliphatic rings. The zero-order valence-electron chi connectivity index (χ0n) is 25.3. The van der Waals surface area contributed by atoms with Crippen molar-refractivity contribution in [2.75, 3.05) is 26.7 Å². The smallest absolute Gasteiger partial charge is 0.495 e. The van der Waals surface area contributed by atoms with E-state index in [1.807, 2.05) is 0 Å². The lowest BCUT2D eigenvalue weighted by Crippen LogP contribution is -2.59. The first-order chi connectivity index (χ1) is 21.1. The highest BCUT2D eigenvalue weighted by Gasteiger charge is 2.56. The van der Waals surface area contributed by atoms with Crippen LogP contribution in [0.5, 0.6) is 5.75 Å². The molecule has 0 unspecified atom stereocenters. The number of carbonyl (C=O) groups is 6. The van der Waals surface area contributed by atoms with Crippen molar-refractivity contribution in [2.24, 2.45) is 17.3 Å². The summed E-state index contributed by atoms with van der Waals surface area (Å²) in [7, 11) is 0.343. The van der Waals surface area contributed by atoms with Crippen LogP contribution in [0.2, 0.25) is 0 Å². The normalized spacial score (nSPS) is 25.9. The van der Waals surface area contributed by atoms with Crippen molar-refractivity contribution in [1.29, 1.82) is 0 Å². The number of ether oxygens (including phenoxy) is 3. The SMILES string of the molecule is CC(=O)OC[C@@H]1O[C@H](Oc2ccc(/C=C/B3OC(=O)CN(C)CC(=O)O3)cc2C)[C@@](C)(CC(=O)O)[C@@H](CC(=O)O)[C@H]1CC(=O)O. The van der Waals surface area contributed by atoms with Crippen molar-refractivity contribution in [3.8, 4) is 5.75 Å². The standard InChI is InChI=1S/C29H36BNO14/c1-16-9-18(7-8-30-44-26(39)13-31(4)14-27(40)45-30)5-6-21(16)42-28-29(3,12-25(37)38)20(11-24(35)36)19(10-23(33)34)22(43-28)15-41-17(2)32/h5-9,19-20,22,28H,10-15H2,1-4H3,(H,33,34)(H,35,36)(H,37,38)/b8-7+/t19-,20+,22+,28+,29+/m1/s1. The summed E-state index contributed by atoms with van der Waals surface area (Å²) in [6.45, 7) is 3.74. The van der Waals surface area contributed by atoms with Crippen LogP contribution in [0, 0.1) is 24.2 Å². The Morgan fingerprint density at radius 3 is 2.20 bits per heavy atom. The Kier molecular flexibility index (Phi) is 11.7. The van der Waals surface area contributed by atoms with E-state index in [0.29, 0.717) is 11.1 Å². The van der Waals surface area contributed by atoms with Gasteiger partial charge in [-0.05, 0) is 49.1 Å². The number of rotatable bonds is 12. The Bertz CT molecular complexity index is 1330. The Balaban J connectivity index is 1.92. The molecule has 5 atom stereocenters. The molecule has 0 amide bonds. The third kappa shape index (κ3) is 9.78. The molecule has 2 fully saturated rings. The Morgan fingerprint density at radius 2 is 1.67 bits per heavy atom. The molecular formula is C29H36BNO14. The molecule has 1 aromatic rings. The first-order valence-electron chi connectivity index (χ1n) is 14.0. The van der Waals surface area contributed by atoms with E-state index < -0.39 is 98.4 Å². The van der Waals surface area contributed by atoms with Crippen molar-refractivity contribution in [1.82, 2.24) is 4.90 Å². The van der Waals surface area contributed by atoms with Gasteiger partial charge < -0.3 is 38.8 Å². The highest BCUT2D eigenvalue weighted by Crippen LogP contribution is 2.50. The summed E-state index contributed by atoms with van der Waals surface area (Å²) >= 11 is 0. The number of carboxylic acids is 3. The van der Waals surface area contributed by atoms with E-state index in [9.17, 15) is 44.1 Å². The van der Waals surface area contributed by atoms with Crippen LogP contribution in [0.4, 0.5) is 0 Å². The number of carbonyl (C=O) groups excluding carboxylic acids is 3. The molecule has 244 valence electrons. The largest absolute Gasteiger partial charge is 0.628 e. The van der Waals surface area contributed by atoms with Gasteiger partial charge in [-0.3, -0.25) is 33.7 Å². The minimum atomic E-state index is -1.53. The number of benzene rings is 1. The molecule has 1 aromatic carbocycles. The van der Waals surface area contributed by atoms with Crippen molar-refractivity contribution in [2.45, 2.75) is 52.4 Å². The predicted molar refractivity (Wildman–Crippen MR) is 153 cm³/mol. The second-order valence-corrected chi connectivity index (χ2v) is 11.4. The van der Waals surface area contributed by atoms with Gasteiger partial charge in [0.1, 0.15) is 12.4 Å². The summed E-state index contributed by atoms with van der Waals surface area (Å²) in [5, 5.41) is 29.1. The van der Waals surface area contributed by atoms with Crippen LogP contribution in [0.15, 0.2) is 24.2 Å². The van der Waals surface area contributed by atoms with Crippen LogP contribution in [0.25, 0.3) is 6.08 Å². The second-order valence-electron chi connectivity index (χ2n) is 11.4.